The number of amides is 2. The van der Waals surface area contributed by atoms with E-state index in [1.165, 1.54) is 0 Å². The molecule has 0 unspecified atom stereocenters. The first-order valence-electron chi connectivity index (χ1n) is 6.93. The summed E-state index contributed by atoms with van der Waals surface area (Å²) < 4.78 is 5.36. The molecule has 0 spiro atoms. The second kappa shape index (κ2) is 5.81. The Balaban J connectivity index is 1.81. The molecule has 0 saturated carbocycles. The van der Waals surface area contributed by atoms with Crippen LogP contribution < -0.4 is 10.1 Å². The Hall–Kier alpha value is -2.34. The minimum absolute atomic E-state index is 0.00385. The zero-order valence-corrected chi connectivity index (χ0v) is 13.1. The number of anilines is 1. The number of carbonyl (C=O) groups excluding carboxylic acids is 2. The average molecular weight is 316 g/mol. The van der Waals surface area contributed by atoms with Crippen molar-refractivity contribution in [3.8, 4) is 5.75 Å². The molecular formula is C16H16N2O3S. The van der Waals surface area contributed by atoms with Gasteiger partial charge in [-0.05, 0) is 36.6 Å². The molecule has 6 heteroatoms. The van der Waals surface area contributed by atoms with Crippen molar-refractivity contribution < 1.29 is 14.3 Å². The van der Waals surface area contributed by atoms with E-state index < -0.39 is 0 Å². The largest absolute Gasteiger partial charge is 0.482 e. The van der Waals surface area contributed by atoms with Crippen molar-refractivity contribution in [2.45, 2.75) is 13.0 Å². The second-order valence-corrected chi connectivity index (χ2v) is 6.13. The van der Waals surface area contributed by atoms with Gasteiger partial charge in [0.25, 0.3) is 11.8 Å². The molecule has 1 aliphatic heterocycles. The molecule has 2 aromatic rings. The number of benzene rings is 1. The summed E-state index contributed by atoms with van der Waals surface area (Å²) in [6.07, 6.45) is 0. The van der Waals surface area contributed by atoms with E-state index in [9.17, 15) is 9.59 Å². The van der Waals surface area contributed by atoms with Crippen molar-refractivity contribution in [1.82, 2.24) is 4.90 Å². The van der Waals surface area contributed by atoms with E-state index in [-0.39, 0.29) is 24.5 Å². The number of nitrogens with one attached hydrogen (secondary N) is 1. The van der Waals surface area contributed by atoms with Gasteiger partial charge in [-0.25, -0.2) is 0 Å². The first-order chi connectivity index (χ1) is 10.6. The Morgan fingerprint density at radius 3 is 2.95 bits per heavy atom. The molecule has 114 valence electrons. The molecule has 1 aromatic carbocycles. The maximum atomic E-state index is 12.6. The third-order valence-electron chi connectivity index (χ3n) is 3.72. The Labute approximate surface area is 132 Å². The van der Waals surface area contributed by atoms with Crippen LogP contribution >= 0.6 is 11.3 Å². The molecule has 0 radical (unpaired) electrons. The van der Waals surface area contributed by atoms with Crippen molar-refractivity contribution in [2.75, 3.05) is 19.0 Å². The maximum Gasteiger partial charge on any atom is 0.262 e. The van der Waals surface area contributed by atoms with Crippen molar-refractivity contribution in [3.63, 3.8) is 0 Å². The van der Waals surface area contributed by atoms with Gasteiger partial charge in [-0.2, -0.15) is 0 Å². The molecule has 0 saturated heterocycles. The van der Waals surface area contributed by atoms with Crippen LogP contribution in [0.4, 0.5) is 5.69 Å². The van der Waals surface area contributed by atoms with Crippen LogP contribution in [0.15, 0.2) is 35.7 Å². The Kier molecular flexibility index (Phi) is 3.85. The van der Waals surface area contributed by atoms with Crippen LogP contribution in [-0.4, -0.2) is 30.4 Å². The molecule has 3 rings (SSSR count). The normalized spacial score (nSPS) is 14.5. The minimum Gasteiger partial charge on any atom is -0.482 e. The molecular weight excluding hydrogens is 300 g/mol. The lowest BCUT2D eigenvalue weighted by Crippen LogP contribution is -2.30. The van der Waals surface area contributed by atoms with Crippen molar-refractivity contribution in [1.29, 1.82) is 0 Å². The molecule has 0 bridgehead atoms. The second-order valence-electron chi connectivity index (χ2n) is 5.16. The van der Waals surface area contributed by atoms with E-state index in [2.05, 4.69) is 5.32 Å². The van der Waals surface area contributed by atoms with E-state index in [0.717, 1.165) is 4.88 Å². The highest BCUT2D eigenvalue weighted by molar-refractivity contribution is 7.10. The van der Waals surface area contributed by atoms with Gasteiger partial charge in [-0.3, -0.25) is 9.59 Å². The zero-order chi connectivity index (χ0) is 15.7. The van der Waals surface area contributed by atoms with Crippen LogP contribution in [0.1, 0.15) is 28.2 Å². The lowest BCUT2D eigenvalue weighted by Gasteiger charge is -2.25. The summed E-state index contributed by atoms with van der Waals surface area (Å²) in [5.41, 5.74) is 1.14. The van der Waals surface area contributed by atoms with Crippen LogP contribution in [0.3, 0.4) is 0 Å². The molecule has 1 aromatic heterocycles. The van der Waals surface area contributed by atoms with Crippen molar-refractivity contribution in [3.05, 3.63) is 46.2 Å². The molecule has 0 aliphatic carbocycles. The fraction of sp³-hybridized carbons (Fsp3) is 0.250. The van der Waals surface area contributed by atoms with Gasteiger partial charge < -0.3 is 15.0 Å². The van der Waals surface area contributed by atoms with Gasteiger partial charge in [-0.1, -0.05) is 6.07 Å². The van der Waals surface area contributed by atoms with E-state index in [1.54, 1.807) is 41.5 Å². The minimum atomic E-state index is -0.185. The van der Waals surface area contributed by atoms with Crippen LogP contribution in [0.2, 0.25) is 0 Å². The highest BCUT2D eigenvalue weighted by Gasteiger charge is 2.22. The monoisotopic (exact) mass is 316 g/mol. The first-order valence-corrected chi connectivity index (χ1v) is 7.81. The average Bonchev–Trinajstić information content (AvgIpc) is 3.06. The zero-order valence-electron chi connectivity index (χ0n) is 12.3. The number of hydrogen-bond donors (Lipinski definition) is 1. The lowest BCUT2D eigenvalue weighted by molar-refractivity contribution is -0.118. The predicted molar refractivity (Wildman–Crippen MR) is 85.4 cm³/mol. The van der Waals surface area contributed by atoms with Crippen molar-refractivity contribution >= 4 is 28.8 Å². The number of ether oxygens (including phenoxy) is 1. The lowest BCUT2D eigenvalue weighted by atomic mass is 10.1. The van der Waals surface area contributed by atoms with E-state index in [1.807, 2.05) is 24.4 Å². The molecule has 22 heavy (non-hydrogen) atoms. The molecule has 1 atom stereocenters. The number of nitrogens with zero attached hydrogens (tertiary/aromatic N) is 1. The summed E-state index contributed by atoms with van der Waals surface area (Å²) >= 11 is 1.63. The number of thiophene rings is 1. The smallest absolute Gasteiger partial charge is 0.262 e. The number of fused-ring (bicyclic) bond motifs is 1. The van der Waals surface area contributed by atoms with E-state index in [0.29, 0.717) is 17.0 Å². The van der Waals surface area contributed by atoms with Gasteiger partial charge in [0.2, 0.25) is 0 Å². The summed E-state index contributed by atoms with van der Waals surface area (Å²) in [5.74, 6) is 0.266. The summed E-state index contributed by atoms with van der Waals surface area (Å²) in [6.45, 7) is 1.98. The molecule has 1 aliphatic rings. The fourth-order valence-corrected chi connectivity index (χ4v) is 3.13. The predicted octanol–water partition coefficient (Wildman–Crippen LogP) is 2.91. The van der Waals surface area contributed by atoms with Crippen LogP contribution in [0.5, 0.6) is 5.75 Å². The summed E-state index contributed by atoms with van der Waals surface area (Å²) in [6, 6.07) is 9.07. The van der Waals surface area contributed by atoms with E-state index in [4.69, 9.17) is 4.74 Å². The third kappa shape index (κ3) is 2.69. The summed E-state index contributed by atoms with van der Waals surface area (Å²) in [4.78, 5) is 26.7. The Morgan fingerprint density at radius 2 is 2.23 bits per heavy atom. The quantitative estimate of drug-likeness (QED) is 0.947. The SMILES string of the molecule is C[C@H](c1cccs1)N(C)C(=O)c1ccc2c(c1)OCC(=O)N2. The standard InChI is InChI=1S/C16H16N2O3S/c1-10(14-4-3-7-22-14)18(2)16(20)11-5-6-12-13(8-11)21-9-15(19)17-12/h3-8,10H,9H2,1-2H3,(H,17,19)/t10-/m1/s1. The highest BCUT2D eigenvalue weighted by Crippen LogP contribution is 2.30. The van der Waals surface area contributed by atoms with Gasteiger partial charge in [0, 0.05) is 17.5 Å². The highest BCUT2D eigenvalue weighted by atomic mass is 32.1. The fourth-order valence-electron chi connectivity index (χ4n) is 2.31. The van der Waals surface area contributed by atoms with Crippen LogP contribution in [0.25, 0.3) is 0 Å². The van der Waals surface area contributed by atoms with E-state index >= 15 is 0 Å². The van der Waals surface area contributed by atoms with Crippen LogP contribution in [0, 0.1) is 0 Å². The van der Waals surface area contributed by atoms with Crippen LogP contribution in [-0.2, 0) is 4.79 Å². The van der Waals surface area contributed by atoms with Crippen molar-refractivity contribution in [2.24, 2.45) is 0 Å². The number of carbonyl (C=O) groups is 2. The topological polar surface area (TPSA) is 58.6 Å². The molecule has 1 N–H and O–H groups in total. The number of hydrogen-bond acceptors (Lipinski definition) is 4. The molecule has 2 heterocycles. The van der Waals surface area contributed by atoms with Gasteiger partial charge in [0.15, 0.2) is 6.61 Å². The summed E-state index contributed by atoms with van der Waals surface area (Å²) in [7, 11) is 1.79. The maximum absolute atomic E-state index is 12.6. The summed E-state index contributed by atoms with van der Waals surface area (Å²) in [5, 5.41) is 4.71. The van der Waals surface area contributed by atoms with Gasteiger partial charge in [-0.15, -0.1) is 11.3 Å². The number of rotatable bonds is 3. The van der Waals surface area contributed by atoms with Gasteiger partial charge in [0.05, 0.1) is 11.7 Å². The Morgan fingerprint density at radius 1 is 1.41 bits per heavy atom. The molecule has 2 amide bonds. The Bertz CT molecular complexity index is 712. The third-order valence-corrected chi connectivity index (χ3v) is 4.76. The van der Waals surface area contributed by atoms with Gasteiger partial charge >= 0.3 is 0 Å². The molecule has 0 fully saturated rings. The molecule has 5 nitrogen and oxygen atoms in total. The van der Waals surface area contributed by atoms with Gasteiger partial charge in [0.1, 0.15) is 5.75 Å². The first kappa shape index (κ1) is 14.6.